The molecule has 2 amide bonds. The minimum absolute atomic E-state index is 0.0272. The molecule has 0 radical (unpaired) electrons. The summed E-state index contributed by atoms with van der Waals surface area (Å²) in [6.07, 6.45) is 5.58. The molecule has 0 aromatic rings. The molecule has 1 aliphatic heterocycles. The lowest BCUT2D eigenvalue weighted by Crippen LogP contribution is -2.58. The Morgan fingerprint density at radius 1 is 1.42 bits per heavy atom. The smallest absolute Gasteiger partial charge is 0.411 e. The van der Waals surface area contributed by atoms with E-state index in [1.165, 1.54) is 4.90 Å². The number of hydrogen-bond acceptors (Lipinski definition) is 4. The van der Waals surface area contributed by atoms with Crippen molar-refractivity contribution in [3.63, 3.8) is 0 Å². The highest BCUT2D eigenvalue weighted by Gasteiger charge is 2.50. The van der Waals surface area contributed by atoms with E-state index in [1.807, 2.05) is 13.8 Å². The Balaban J connectivity index is 2.94. The van der Waals surface area contributed by atoms with E-state index < -0.39 is 23.3 Å². The minimum Gasteiger partial charge on any atom is -0.444 e. The molecule has 1 rings (SSSR count). The molecule has 136 valence electrons. The van der Waals surface area contributed by atoms with Gasteiger partial charge in [-0.15, -0.1) is 12.3 Å². The number of aliphatic hydroxyl groups excluding tert-OH is 1. The first-order valence-corrected chi connectivity index (χ1v) is 8.44. The minimum atomic E-state index is -1.10. The predicted octanol–water partition coefficient (Wildman–Crippen LogP) is 1.91. The van der Waals surface area contributed by atoms with E-state index in [2.05, 4.69) is 11.2 Å². The van der Waals surface area contributed by atoms with Crippen LogP contribution in [-0.4, -0.2) is 52.3 Å². The summed E-state index contributed by atoms with van der Waals surface area (Å²) >= 11 is 0. The highest BCUT2D eigenvalue weighted by molar-refractivity contribution is 5.91. The summed E-state index contributed by atoms with van der Waals surface area (Å²) < 4.78 is 5.43. The van der Waals surface area contributed by atoms with Crippen LogP contribution in [0.5, 0.6) is 0 Å². The van der Waals surface area contributed by atoms with Crippen molar-refractivity contribution in [2.75, 3.05) is 13.1 Å². The van der Waals surface area contributed by atoms with Gasteiger partial charge in [0.25, 0.3) is 0 Å². The van der Waals surface area contributed by atoms with E-state index in [-0.39, 0.29) is 24.8 Å². The summed E-state index contributed by atoms with van der Waals surface area (Å²) in [7, 11) is 0. The van der Waals surface area contributed by atoms with Crippen molar-refractivity contribution in [3.8, 4) is 12.3 Å². The average molecular weight is 338 g/mol. The van der Waals surface area contributed by atoms with Crippen LogP contribution in [-0.2, 0) is 9.53 Å². The third kappa shape index (κ3) is 4.88. The van der Waals surface area contributed by atoms with Crippen LogP contribution < -0.4 is 5.32 Å². The topological polar surface area (TPSA) is 78.9 Å². The summed E-state index contributed by atoms with van der Waals surface area (Å²) in [6.45, 7) is 9.64. The standard InChI is InChI=1S/C18H30N2O4/c1-7-9-18(15(22)19-12-14(21)13(2)3)10-8-11-20(18)16(23)24-17(4,5)6/h1,13-14,21H,8-12H2,2-6H3,(H,19,22)/t14-,18+/m1/s1. The molecule has 2 N–H and O–H groups in total. The van der Waals surface area contributed by atoms with Gasteiger partial charge in [0, 0.05) is 19.5 Å². The second-order valence-corrected chi connectivity index (χ2v) is 7.67. The van der Waals surface area contributed by atoms with Crippen LogP contribution in [0.4, 0.5) is 4.79 Å². The van der Waals surface area contributed by atoms with Crippen molar-refractivity contribution >= 4 is 12.0 Å². The highest BCUT2D eigenvalue weighted by Crippen LogP contribution is 2.34. The van der Waals surface area contributed by atoms with E-state index in [4.69, 9.17) is 11.2 Å². The average Bonchev–Trinajstić information content (AvgIpc) is 2.87. The second kappa shape index (κ2) is 7.89. The number of carbonyl (C=O) groups is 2. The molecular weight excluding hydrogens is 308 g/mol. The molecular formula is C18H30N2O4. The van der Waals surface area contributed by atoms with E-state index in [0.717, 1.165) is 0 Å². The highest BCUT2D eigenvalue weighted by atomic mass is 16.6. The Bertz CT molecular complexity index is 504. The zero-order chi connectivity index (χ0) is 18.5. The van der Waals surface area contributed by atoms with Crippen LogP contribution in [0, 0.1) is 18.3 Å². The molecule has 0 aliphatic carbocycles. The number of ether oxygens (including phenoxy) is 1. The van der Waals surface area contributed by atoms with Crippen LogP contribution in [0.2, 0.25) is 0 Å². The maximum atomic E-state index is 12.8. The first kappa shape index (κ1) is 20.3. The molecule has 0 unspecified atom stereocenters. The van der Waals surface area contributed by atoms with Crippen molar-refractivity contribution in [1.29, 1.82) is 0 Å². The molecule has 0 aromatic heterocycles. The van der Waals surface area contributed by atoms with Crippen LogP contribution >= 0.6 is 0 Å². The number of nitrogens with zero attached hydrogens (tertiary/aromatic N) is 1. The first-order valence-electron chi connectivity index (χ1n) is 8.44. The summed E-state index contributed by atoms with van der Waals surface area (Å²) in [5.74, 6) is 2.21. The maximum absolute atomic E-state index is 12.8. The van der Waals surface area contributed by atoms with Crippen LogP contribution in [0.25, 0.3) is 0 Å². The summed E-state index contributed by atoms with van der Waals surface area (Å²) in [6, 6.07) is 0. The van der Waals surface area contributed by atoms with Gasteiger partial charge in [0.2, 0.25) is 5.91 Å². The van der Waals surface area contributed by atoms with Crippen LogP contribution in [0.15, 0.2) is 0 Å². The lowest BCUT2D eigenvalue weighted by molar-refractivity contribution is -0.132. The lowest BCUT2D eigenvalue weighted by atomic mass is 9.91. The van der Waals surface area contributed by atoms with Gasteiger partial charge in [-0.2, -0.15) is 0 Å². The fourth-order valence-corrected chi connectivity index (χ4v) is 2.73. The van der Waals surface area contributed by atoms with E-state index in [9.17, 15) is 14.7 Å². The summed E-state index contributed by atoms with van der Waals surface area (Å²) in [5, 5.41) is 12.6. The molecule has 0 spiro atoms. The molecule has 2 atom stereocenters. The number of hydrogen-bond donors (Lipinski definition) is 2. The Labute approximate surface area is 144 Å². The third-order valence-electron chi connectivity index (χ3n) is 4.16. The number of amides is 2. The Morgan fingerprint density at radius 3 is 2.54 bits per heavy atom. The van der Waals surface area contributed by atoms with Crippen LogP contribution in [0.1, 0.15) is 53.9 Å². The van der Waals surface area contributed by atoms with Gasteiger partial charge in [-0.1, -0.05) is 13.8 Å². The molecule has 0 saturated carbocycles. The molecule has 1 heterocycles. The molecule has 1 aliphatic rings. The predicted molar refractivity (Wildman–Crippen MR) is 92.2 cm³/mol. The lowest BCUT2D eigenvalue weighted by Gasteiger charge is -2.37. The van der Waals surface area contributed by atoms with Crippen molar-refractivity contribution in [3.05, 3.63) is 0 Å². The third-order valence-corrected chi connectivity index (χ3v) is 4.16. The molecule has 0 bridgehead atoms. The normalized spacial score (nSPS) is 22.2. The quantitative estimate of drug-likeness (QED) is 0.751. The van der Waals surface area contributed by atoms with Crippen molar-refractivity contribution < 1.29 is 19.4 Å². The van der Waals surface area contributed by atoms with Gasteiger partial charge in [-0.05, 0) is 39.5 Å². The molecule has 0 aromatic carbocycles. The SMILES string of the molecule is C#CC[C@@]1(C(=O)NC[C@@H](O)C(C)C)CCCN1C(=O)OC(C)(C)C. The number of carbonyl (C=O) groups excluding carboxylic acids is 2. The second-order valence-electron chi connectivity index (χ2n) is 7.67. The maximum Gasteiger partial charge on any atom is 0.411 e. The van der Waals surface area contributed by atoms with E-state index in [0.29, 0.717) is 19.4 Å². The summed E-state index contributed by atoms with van der Waals surface area (Å²) in [4.78, 5) is 26.7. The number of aliphatic hydroxyl groups is 1. The number of rotatable bonds is 5. The molecule has 1 fully saturated rings. The fourth-order valence-electron chi connectivity index (χ4n) is 2.73. The fraction of sp³-hybridized carbons (Fsp3) is 0.778. The van der Waals surface area contributed by atoms with Gasteiger partial charge in [0.15, 0.2) is 0 Å². The van der Waals surface area contributed by atoms with Crippen molar-refractivity contribution in [2.24, 2.45) is 5.92 Å². The molecule has 6 heteroatoms. The Morgan fingerprint density at radius 2 is 2.04 bits per heavy atom. The van der Waals surface area contributed by atoms with Gasteiger partial charge in [0.05, 0.1) is 6.10 Å². The number of likely N-dealkylation sites (tertiary alicyclic amines) is 1. The monoisotopic (exact) mass is 338 g/mol. The Hall–Kier alpha value is -1.74. The summed E-state index contributed by atoms with van der Waals surface area (Å²) in [5.41, 5.74) is -1.75. The van der Waals surface area contributed by atoms with Gasteiger partial charge in [-0.25, -0.2) is 4.79 Å². The van der Waals surface area contributed by atoms with E-state index in [1.54, 1.807) is 20.8 Å². The first-order chi connectivity index (χ1) is 11.0. The largest absolute Gasteiger partial charge is 0.444 e. The zero-order valence-electron chi connectivity index (χ0n) is 15.4. The number of terminal acetylenes is 1. The van der Waals surface area contributed by atoms with Crippen molar-refractivity contribution in [2.45, 2.75) is 71.1 Å². The zero-order valence-corrected chi connectivity index (χ0v) is 15.4. The molecule has 6 nitrogen and oxygen atoms in total. The molecule has 1 saturated heterocycles. The van der Waals surface area contributed by atoms with Gasteiger partial charge < -0.3 is 15.2 Å². The van der Waals surface area contributed by atoms with Gasteiger partial charge in [0.1, 0.15) is 11.1 Å². The van der Waals surface area contributed by atoms with Crippen LogP contribution in [0.3, 0.4) is 0 Å². The van der Waals surface area contributed by atoms with Crippen molar-refractivity contribution in [1.82, 2.24) is 10.2 Å². The number of nitrogens with one attached hydrogen (secondary N) is 1. The van der Waals surface area contributed by atoms with Gasteiger partial charge in [-0.3, -0.25) is 9.69 Å². The van der Waals surface area contributed by atoms with Gasteiger partial charge >= 0.3 is 6.09 Å². The van der Waals surface area contributed by atoms with E-state index >= 15 is 0 Å². The molecule has 24 heavy (non-hydrogen) atoms. The Kier molecular flexibility index (Phi) is 6.67.